The highest BCUT2D eigenvalue weighted by molar-refractivity contribution is 5.14. The normalized spacial score (nSPS) is 12.1. The topological polar surface area (TPSA) is 15.3 Å². The lowest BCUT2D eigenvalue weighted by atomic mass is 9.92. The van der Waals surface area contributed by atoms with E-state index in [0.29, 0.717) is 5.41 Å². The fraction of sp³-hybridized carbons (Fsp3) is 0.625. The summed E-state index contributed by atoms with van der Waals surface area (Å²) in [7, 11) is 2.18. The van der Waals surface area contributed by atoms with E-state index in [-0.39, 0.29) is 0 Å². The quantitative estimate of drug-likeness (QED) is 0.746. The Morgan fingerprint density at radius 3 is 2.33 bits per heavy atom. The van der Waals surface area contributed by atoms with Crippen molar-refractivity contribution in [3.8, 4) is 0 Å². The lowest BCUT2D eigenvalue weighted by Crippen LogP contribution is -2.30. The first-order valence-electron chi connectivity index (χ1n) is 6.90. The predicted molar refractivity (Wildman–Crippen MR) is 79.7 cm³/mol. The first-order valence-corrected chi connectivity index (χ1v) is 6.90. The molecule has 0 heterocycles. The molecule has 0 saturated carbocycles. The summed E-state index contributed by atoms with van der Waals surface area (Å²) in [6.07, 6.45) is 1.23. The lowest BCUT2D eigenvalue weighted by Gasteiger charge is -2.20. The van der Waals surface area contributed by atoms with Crippen LogP contribution in [0.25, 0.3) is 0 Å². The third kappa shape index (κ3) is 7.46. The van der Waals surface area contributed by atoms with Crippen molar-refractivity contribution in [1.29, 1.82) is 0 Å². The Bertz CT molecular complexity index is 314. The van der Waals surface area contributed by atoms with Crippen LogP contribution in [0.1, 0.15) is 32.8 Å². The molecule has 0 aliphatic carbocycles. The molecule has 1 rings (SSSR count). The largest absolute Gasteiger partial charge is 0.315 e. The molecule has 0 saturated heterocycles. The van der Waals surface area contributed by atoms with Crippen molar-refractivity contribution in [2.75, 3.05) is 26.7 Å². The molecule has 0 aliphatic rings. The molecule has 0 aliphatic heterocycles. The number of hydrogen-bond acceptors (Lipinski definition) is 2. The van der Waals surface area contributed by atoms with E-state index in [2.05, 4.69) is 68.4 Å². The fourth-order valence-electron chi connectivity index (χ4n) is 1.83. The Morgan fingerprint density at radius 1 is 1.06 bits per heavy atom. The van der Waals surface area contributed by atoms with Crippen LogP contribution < -0.4 is 5.32 Å². The van der Waals surface area contributed by atoms with Crippen molar-refractivity contribution in [3.05, 3.63) is 35.9 Å². The molecule has 0 amide bonds. The van der Waals surface area contributed by atoms with E-state index in [0.717, 1.165) is 26.2 Å². The maximum Gasteiger partial charge on any atom is 0.0231 e. The summed E-state index contributed by atoms with van der Waals surface area (Å²) in [5, 5.41) is 3.52. The monoisotopic (exact) mass is 248 g/mol. The second kappa shape index (κ2) is 7.55. The van der Waals surface area contributed by atoms with Crippen molar-refractivity contribution in [3.63, 3.8) is 0 Å². The third-order valence-corrected chi connectivity index (χ3v) is 3.02. The average Bonchev–Trinajstić information content (AvgIpc) is 2.28. The zero-order chi connectivity index (χ0) is 13.4. The van der Waals surface area contributed by atoms with Gasteiger partial charge in [-0.25, -0.2) is 0 Å². The molecule has 0 unspecified atom stereocenters. The van der Waals surface area contributed by atoms with Crippen LogP contribution in [0.5, 0.6) is 0 Å². The molecule has 0 atom stereocenters. The van der Waals surface area contributed by atoms with Gasteiger partial charge in [0.2, 0.25) is 0 Å². The molecule has 1 aromatic rings. The van der Waals surface area contributed by atoms with E-state index in [4.69, 9.17) is 0 Å². The van der Waals surface area contributed by atoms with E-state index in [1.165, 1.54) is 12.0 Å². The highest BCUT2D eigenvalue weighted by atomic mass is 15.1. The predicted octanol–water partition coefficient (Wildman–Crippen LogP) is 3.14. The summed E-state index contributed by atoms with van der Waals surface area (Å²) in [4.78, 5) is 2.36. The van der Waals surface area contributed by atoms with Gasteiger partial charge in [0.15, 0.2) is 0 Å². The molecule has 0 radical (unpaired) electrons. The lowest BCUT2D eigenvalue weighted by molar-refractivity contribution is 0.314. The molecule has 0 spiro atoms. The molecule has 102 valence electrons. The molecule has 0 aromatic heterocycles. The van der Waals surface area contributed by atoms with Gasteiger partial charge in [0.25, 0.3) is 0 Å². The standard InChI is InChI=1S/C16H28N2/c1-16(2,3)10-11-17-12-13-18(4)14-15-8-6-5-7-9-15/h5-9,17H,10-14H2,1-4H3. The number of hydrogen-bond donors (Lipinski definition) is 1. The maximum atomic E-state index is 3.52. The SMILES string of the molecule is CN(CCNCCC(C)(C)C)Cc1ccccc1. The van der Waals surface area contributed by atoms with E-state index in [1.807, 2.05) is 0 Å². The van der Waals surface area contributed by atoms with Crippen molar-refractivity contribution in [2.45, 2.75) is 33.7 Å². The van der Waals surface area contributed by atoms with Crippen molar-refractivity contribution in [2.24, 2.45) is 5.41 Å². The van der Waals surface area contributed by atoms with Crippen LogP contribution in [-0.4, -0.2) is 31.6 Å². The van der Waals surface area contributed by atoms with Crippen molar-refractivity contribution >= 4 is 0 Å². The Balaban J connectivity index is 2.09. The average molecular weight is 248 g/mol. The van der Waals surface area contributed by atoms with E-state index < -0.39 is 0 Å². The number of benzene rings is 1. The Hall–Kier alpha value is -0.860. The Labute approximate surface area is 112 Å². The smallest absolute Gasteiger partial charge is 0.0231 e. The summed E-state index contributed by atoms with van der Waals surface area (Å²) in [6, 6.07) is 10.6. The van der Waals surface area contributed by atoms with Gasteiger partial charge in [-0.15, -0.1) is 0 Å². The van der Waals surface area contributed by atoms with E-state index in [9.17, 15) is 0 Å². The minimum absolute atomic E-state index is 0.433. The molecule has 0 bridgehead atoms. The van der Waals surface area contributed by atoms with Gasteiger partial charge in [0.1, 0.15) is 0 Å². The molecular weight excluding hydrogens is 220 g/mol. The van der Waals surface area contributed by atoms with Gasteiger partial charge in [0.05, 0.1) is 0 Å². The summed E-state index contributed by atoms with van der Waals surface area (Å²) >= 11 is 0. The van der Waals surface area contributed by atoms with Gasteiger partial charge in [-0.1, -0.05) is 51.1 Å². The summed E-state index contributed by atoms with van der Waals surface area (Å²) in [5.74, 6) is 0. The number of rotatable bonds is 7. The van der Waals surface area contributed by atoms with Gasteiger partial charge < -0.3 is 10.2 Å². The van der Waals surface area contributed by atoms with E-state index >= 15 is 0 Å². The molecule has 0 fully saturated rings. The van der Waals surface area contributed by atoms with Crippen LogP contribution in [0, 0.1) is 5.41 Å². The van der Waals surface area contributed by atoms with Gasteiger partial charge in [0, 0.05) is 19.6 Å². The zero-order valence-electron chi connectivity index (χ0n) is 12.4. The fourth-order valence-corrected chi connectivity index (χ4v) is 1.83. The third-order valence-electron chi connectivity index (χ3n) is 3.02. The van der Waals surface area contributed by atoms with Crippen LogP contribution >= 0.6 is 0 Å². The minimum atomic E-state index is 0.433. The second-order valence-electron chi connectivity index (χ2n) is 6.28. The van der Waals surface area contributed by atoms with Crippen molar-refractivity contribution < 1.29 is 0 Å². The second-order valence-corrected chi connectivity index (χ2v) is 6.28. The van der Waals surface area contributed by atoms with Crippen LogP contribution in [0.15, 0.2) is 30.3 Å². The zero-order valence-corrected chi connectivity index (χ0v) is 12.4. The number of likely N-dealkylation sites (N-methyl/N-ethyl adjacent to an activating group) is 1. The highest BCUT2D eigenvalue weighted by Crippen LogP contribution is 2.16. The first-order chi connectivity index (χ1) is 8.47. The number of nitrogens with zero attached hydrogens (tertiary/aromatic N) is 1. The van der Waals surface area contributed by atoms with Gasteiger partial charge >= 0.3 is 0 Å². The molecule has 18 heavy (non-hydrogen) atoms. The summed E-state index contributed by atoms with van der Waals surface area (Å²) in [6.45, 7) is 11.2. The van der Waals surface area contributed by atoms with Crippen LogP contribution in [0.3, 0.4) is 0 Å². The summed E-state index contributed by atoms with van der Waals surface area (Å²) < 4.78 is 0. The van der Waals surface area contributed by atoms with Crippen LogP contribution in [0.2, 0.25) is 0 Å². The molecule has 1 N–H and O–H groups in total. The maximum absolute atomic E-state index is 3.52. The Kier molecular flexibility index (Phi) is 6.37. The van der Waals surface area contributed by atoms with E-state index in [1.54, 1.807) is 0 Å². The Morgan fingerprint density at radius 2 is 1.72 bits per heavy atom. The molecule has 2 nitrogen and oxygen atoms in total. The van der Waals surface area contributed by atoms with Gasteiger partial charge in [-0.3, -0.25) is 0 Å². The minimum Gasteiger partial charge on any atom is -0.315 e. The summed E-state index contributed by atoms with van der Waals surface area (Å²) in [5.41, 5.74) is 1.82. The first kappa shape index (κ1) is 15.2. The molecular formula is C16H28N2. The van der Waals surface area contributed by atoms with Crippen LogP contribution in [0.4, 0.5) is 0 Å². The van der Waals surface area contributed by atoms with Crippen molar-refractivity contribution in [1.82, 2.24) is 10.2 Å². The van der Waals surface area contributed by atoms with Gasteiger partial charge in [-0.05, 0) is 31.0 Å². The van der Waals surface area contributed by atoms with Crippen LogP contribution in [-0.2, 0) is 6.54 Å². The van der Waals surface area contributed by atoms with Gasteiger partial charge in [-0.2, -0.15) is 0 Å². The molecule has 1 aromatic carbocycles. The highest BCUT2D eigenvalue weighted by Gasteiger charge is 2.08. The number of nitrogens with one attached hydrogen (secondary N) is 1. The molecule has 2 heteroatoms.